The third-order valence-electron chi connectivity index (χ3n) is 1.86. The van der Waals surface area contributed by atoms with Gasteiger partial charge in [-0.15, -0.1) is 0 Å². The zero-order valence-electron chi connectivity index (χ0n) is 8.57. The number of hydrogen-bond donors (Lipinski definition) is 0. The van der Waals surface area contributed by atoms with Crippen molar-refractivity contribution in [3.05, 3.63) is 51.0 Å². The van der Waals surface area contributed by atoms with Gasteiger partial charge in [-0.2, -0.15) is 0 Å². The molecule has 7 heteroatoms. The second kappa shape index (κ2) is 5.06. The van der Waals surface area contributed by atoms with Crippen molar-refractivity contribution in [3.63, 3.8) is 0 Å². The fraction of sp³-hybridized carbons (Fsp3) is 0.222. The van der Waals surface area contributed by atoms with Crippen LogP contribution in [-0.2, 0) is 0 Å². The predicted octanol–water partition coefficient (Wildman–Crippen LogP) is 2.16. The van der Waals surface area contributed by atoms with Crippen molar-refractivity contribution in [1.82, 2.24) is 0 Å². The number of rotatable bonds is 5. The first kappa shape index (κ1) is 11.9. The molecule has 0 heterocycles. The van der Waals surface area contributed by atoms with Gasteiger partial charge in [0.1, 0.15) is 6.54 Å². The molecular weight excluding hydrogens is 214 g/mol. The zero-order valence-corrected chi connectivity index (χ0v) is 8.57. The minimum absolute atomic E-state index is 0.0423. The van der Waals surface area contributed by atoms with E-state index in [0.717, 1.165) is 0 Å². The molecule has 1 rings (SSSR count). The molecule has 0 amide bonds. The molecule has 0 bridgehead atoms. The van der Waals surface area contributed by atoms with Gasteiger partial charge in [-0.3, -0.25) is 10.1 Å². The van der Waals surface area contributed by atoms with Gasteiger partial charge >= 0.3 is 0 Å². The summed E-state index contributed by atoms with van der Waals surface area (Å²) in [7, 11) is 0. The molecule has 0 atom stereocenters. The van der Waals surface area contributed by atoms with Gasteiger partial charge in [-0.25, -0.2) is 10.1 Å². The highest BCUT2D eigenvalue weighted by Crippen LogP contribution is 2.28. The number of para-hydroxylation sites is 2. The molecule has 1 aromatic rings. The van der Waals surface area contributed by atoms with Crippen molar-refractivity contribution in [2.45, 2.75) is 13.3 Å². The molecule has 7 nitrogen and oxygen atoms in total. The third kappa shape index (κ3) is 2.44. The lowest BCUT2D eigenvalue weighted by Crippen LogP contribution is -2.27. The van der Waals surface area contributed by atoms with E-state index in [-0.39, 0.29) is 11.4 Å². The van der Waals surface area contributed by atoms with Crippen LogP contribution in [0.2, 0.25) is 0 Å². The van der Waals surface area contributed by atoms with Crippen molar-refractivity contribution in [2.75, 3.05) is 5.01 Å². The minimum atomic E-state index is -0.689. The molecule has 0 unspecified atom stereocenters. The average Bonchev–Trinajstić information content (AvgIpc) is 2.25. The Morgan fingerprint density at radius 3 is 2.44 bits per heavy atom. The van der Waals surface area contributed by atoms with Crippen molar-refractivity contribution in [1.29, 1.82) is 0 Å². The van der Waals surface area contributed by atoms with Gasteiger partial charge in [0.05, 0.1) is 4.92 Å². The number of nitro benzene ring substituents is 1. The standard InChI is InChI=1S/C9H10N3O4/c1-2-7-10(12(15)16)8-5-3-4-6-9(8)11(13)14/h3-7H,2H2,1H3. The largest absolute Gasteiger partial charge is 0.298 e. The van der Waals surface area contributed by atoms with Crippen molar-refractivity contribution < 1.29 is 9.96 Å². The molecule has 0 aliphatic heterocycles. The first-order chi connectivity index (χ1) is 7.57. The van der Waals surface area contributed by atoms with Crippen LogP contribution in [-0.4, -0.2) is 9.96 Å². The van der Waals surface area contributed by atoms with Crippen LogP contribution in [0.5, 0.6) is 0 Å². The maximum atomic E-state index is 10.7. The van der Waals surface area contributed by atoms with Crippen LogP contribution in [0.25, 0.3) is 0 Å². The number of benzene rings is 1. The highest BCUT2D eigenvalue weighted by atomic mass is 16.7. The molecule has 85 valence electrons. The molecule has 0 fully saturated rings. The lowest BCUT2D eigenvalue weighted by atomic mass is 10.2. The summed E-state index contributed by atoms with van der Waals surface area (Å²) in [6.45, 7) is 2.99. The lowest BCUT2D eigenvalue weighted by molar-refractivity contribution is -0.490. The molecular formula is C9H10N3O4. The van der Waals surface area contributed by atoms with E-state index in [1.807, 2.05) is 0 Å². The summed E-state index contributed by atoms with van der Waals surface area (Å²) >= 11 is 0. The van der Waals surface area contributed by atoms with E-state index in [1.54, 1.807) is 6.92 Å². The Bertz CT molecular complexity index is 407. The summed E-state index contributed by atoms with van der Waals surface area (Å²) in [4.78, 5) is 20.8. The number of hydrogen-bond acceptors (Lipinski definition) is 4. The maximum absolute atomic E-state index is 10.7. The molecule has 0 spiro atoms. The van der Waals surface area contributed by atoms with E-state index in [9.17, 15) is 20.2 Å². The Balaban J connectivity index is 3.17. The zero-order chi connectivity index (χ0) is 12.1. The Hall–Kier alpha value is -2.18. The highest BCUT2D eigenvalue weighted by molar-refractivity contribution is 5.62. The molecule has 0 saturated heterocycles. The summed E-state index contributed by atoms with van der Waals surface area (Å²) in [5, 5.41) is 21.4. The van der Waals surface area contributed by atoms with E-state index in [0.29, 0.717) is 11.4 Å². The Morgan fingerprint density at radius 2 is 1.94 bits per heavy atom. The molecule has 0 saturated carbocycles. The lowest BCUT2D eigenvalue weighted by Gasteiger charge is -2.12. The predicted molar refractivity (Wildman–Crippen MR) is 57.2 cm³/mol. The van der Waals surface area contributed by atoms with Crippen LogP contribution < -0.4 is 5.01 Å². The summed E-state index contributed by atoms with van der Waals surface area (Å²) in [6.07, 6.45) is 0.410. The van der Waals surface area contributed by atoms with Crippen LogP contribution in [0.1, 0.15) is 13.3 Å². The van der Waals surface area contributed by atoms with E-state index < -0.39 is 9.96 Å². The molecule has 1 radical (unpaired) electrons. The average molecular weight is 224 g/mol. The van der Waals surface area contributed by atoms with Crippen LogP contribution in [0.15, 0.2) is 24.3 Å². The highest BCUT2D eigenvalue weighted by Gasteiger charge is 2.25. The van der Waals surface area contributed by atoms with E-state index in [2.05, 4.69) is 0 Å². The Morgan fingerprint density at radius 1 is 1.31 bits per heavy atom. The van der Waals surface area contributed by atoms with Gasteiger partial charge in [0.2, 0.25) is 0 Å². The van der Waals surface area contributed by atoms with Crippen LogP contribution >= 0.6 is 0 Å². The van der Waals surface area contributed by atoms with Gasteiger partial charge in [-0.05, 0) is 12.5 Å². The van der Waals surface area contributed by atoms with E-state index >= 15 is 0 Å². The Kier molecular flexibility index (Phi) is 3.76. The van der Waals surface area contributed by atoms with Crippen LogP contribution in [0.3, 0.4) is 0 Å². The quantitative estimate of drug-likeness (QED) is 0.564. The SMILES string of the molecule is CC[CH]N(c1ccccc1[N+](=O)[O-])[N+](=O)[O-]. The second-order valence-corrected chi connectivity index (χ2v) is 2.92. The normalized spacial score (nSPS) is 9.81. The monoisotopic (exact) mass is 224 g/mol. The number of nitrogens with zero attached hydrogens (tertiary/aromatic N) is 3. The molecule has 0 aliphatic rings. The van der Waals surface area contributed by atoms with Gasteiger partial charge in [-0.1, -0.05) is 24.1 Å². The smallest absolute Gasteiger partial charge is 0.258 e. The molecule has 0 aliphatic carbocycles. The van der Waals surface area contributed by atoms with Gasteiger partial charge in [0.25, 0.3) is 5.69 Å². The van der Waals surface area contributed by atoms with Crippen molar-refractivity contribution in [3.8, 4) is 0 Å². The van der Waals surface area contributed by atoms with Gasteiger partial charge < -0.3 is 0 Å². The fourth-order valence-corrected chi connectivity index (χ4v) is 1.24. The van der Waals surface area contributed by atoms with Gasteiger partial charge in [0.15, 0.2) is 10.7 Å². The molecule has 1 aromatic carbocycles. The van der Waals surface area contributed by atoms with Gasteiger partial charge in [0, 0.05) is 6.07 Å². The molecule has 0 N–H and O–H groups in total. The van der Waals surface area contributed by atoms with E-state index in [4.69, 9.17) is 0 Å². The first-order valence-electron chi connectivity index (χ1n) is 4.58. The Labute approximate surface area is 91.6 Å². The maximum Gasteiger partial charge on any atom is 0.298 e. The second-order valence-electron chi connectivity index (χ2n) is 2.92. The molecule has 16 heavy (non-hydrogen) atoms. The summed E-state index contributed by atoms with van der Waals surface area (Å²) < 4.78 is 0. The van der Waals surface area contributed by atoms with Crippen molar-refractivity contribution in [2.24, 2.45) is 0 Å². The summed E-state index contributed by atoms with van der Waals surface area (Å²) in [5.41, 5.74) is -0.330. The summed E-state index contributed by atoms with van der Waals surface area (Å²) in [5.74, 6) is 0. The summed E-state index contributed by atoms with van der Waals surface area (Å²) in [6, 6.07) is 5.55. The minimum Gasteiger partial charge on any atom is -0.258 e. The fourth-order valence-electron chi connectivity index (χ4n) is 1.24. The van der Waals surface area contributed by atoms with Crippen molar-refractivity contribution >= 4 is 11.4 Å². The topological polar surface area (TPSA) is 89.5 Å². The number of hydrazine groups is 1. The first-order valence-corrected chi connectivity index (χ1v) is 4.58. The molecule has 0 aromatic heterocycles. The third-order valence-corrected chi connectivity index (χ3v) is 1.86. The van der Waals surface area contributed by atoms with Crippen LogP contribution in [0.4, 0.5) is 11.4 Å². The van der Waals surface area contributed by atoms with E-state index in [1.165, 1.54) is 30.8 Å². The number of nitro groups is 2. The van der Waals surface area contributed by atoms with Crippen LogP contribution in [0, 0.1) is 26.8 Å². The number of anilines is 1.